The summed E-state index contributed by atoms with van der Waals surface area (Å²) in [5.41, 5.74) is 4.06. The number of nitrogens with zero attached hydrogens (tertiary/aromatic N) is 5. The van der Waals surface area contributed by atoms with Crippen LogP contribution >= 0.6 is 0 Å². The first-order valence-electron chi connectivity index (χ1n) is 13.9. The zero-order valence-corrected chi connectivity index (χ0v) is 24.4. The third-order valence-corrected chi connectivity index (χ3v) is 7.06. The largest absolute Gasteiger partial charge is 0.494 e. The minimum atomic E-state index is -0.450. The van der Waals surface area contributed by atoms with Crippen LogP contribution in [0, 0.1) is 17.2 Å². The number of aromatic nitrogens is 3. The van der Waals surface area contributed by atoms with Gasteiger partial charge in [-0.1, -0.05) is 24.3 Å². The highest BCUT2D eigenvalue weighted by atomic mass is 16.5. The molecule has 0 unspecified atom stereocenters. The predicted molar refractivity (Wildman–Crippen MR) is 163 cm³/mol. The van der Waals surface area contributed by atoms with Gasteiger partial charge in [0.05, 0.1) is 42.4 Å². The van der Waals surface area contributed by atoms with Crippen LogP contribution in [0.3, 0.4) is 0 Å². The van der Waals surface area contributed by atoms with E-state index in [0.29, 0.717) is 33.9 Å². The number of methoxy groups -OCH3 is 1. The number of ether oxygens (including phenoxy) is 1. The molecule has 0 radical (unpaired) electrons. The number of carbonyl (C=O) groups excluding carboxylic acids is 3. The van der Waals surface area contributed by atoms with Gasteiger partial charge in [-0.05, 0) is 48.7 Å². The topological polar surface area (TPSA) is 162 Å². The molecule has 3 amide bonds. The van der Waals surface area contributed by atoms with Crippen LogP contribution in [0.15, 0.2) is 66.9 Å². The number of nitrogens with one attached hydrogen (secondary N) is 3. The van der Waals surface area contributed by atoms with E-state index in [-0.39, 0.29) is 35.8 Å². The summed E-state index contributed by atoms with van der Waals surface area (Å²) in [4.78, 5) is 43.8. The summed E-state index contributed by atoms with van der Waals surface area (Å²) in [6.45, 7) is 0.255. The maximum Gasteiger partial charge on any atom is 0.273 e. The minimum absolute atomic E-state index is 0.0239. The lowest BCUT2D eigenvalue weighted by atomic mass is 10.0. The molecular formula is C32H30N8O4. The summed E-state index contributed by atoms with van der Waals surface area (Å²) in [5.74, 6) is -0.0745. The molecular weight excluding hydrogens is 560 g/mol. The Balaban J connectivity index is 1.38. The number of nitriles is 1. The number of carbonyl (C=O) groups is 3. The van der Waals surface area contributed by atoms with Gasteiger partial charge in [-0.15, -0.1) is 10.2 Å². The molecule has 0 bridgehead atoms. The van der Waals surface area contributed by atoms with Crippen molar-refractivity contribution >= 4 is 34.9 Å². The van der Waals surface area contributed by atoms with E-state index in [1.165, 1.54) is 19.1 Å². The first kappa shape index (κ1) is 29.7. The van der Waals surface area contributed by atoms with Crippen LogP contribution in [0.2, 0.25) is 0 Å². The molecule has 0 atom stereocenters. The Morgan fingerprint density at radius 2 is 1.82 bits per heavy atom. The van der Waals surface area contributed by atoms with Gasteiger partial charge in [0.25, 0.3) is 11.8 Å². The quantitative estimate of drug-likeness (QED) is 0.246. The summed E-state index contributed by atoms with van der Waals surface area (Å²) in [5, 5.41) is 25.7. The van der Waals surface area contributed by atoms with E-state index < -0.39 is 5.91 Å². The Morgan fingerprint density at radius 3 is 2.50 bits per heavy atom. The molecule has 1 aliphatic rings. The predicted octanol–water partition coefficient (Wildman–Crippen LogP) is 4.14. The van der Waals surface area contributed by atoms with E-state index in [1.54, 1.807) is 49.6 Å². The molecule has 2 aromatic carbocycles. The molecule has 1 saturated carbocycles. The molecule has 5 rings (SSSR count). The molecule has 12 nitrogen and oxygen atoms in total. The molecule has 1 aliphatic carbocycles. The van der Waals surface area contributed by atoms with Crippen molar-refractivity contribution < 1.29 is 19.1 Å². The molecule has 12 heteroatoms. The molecule has 222 valence electrons. The van der Waals surface area contributed by atoms with Gasteiger partial charge in [0.1, 0.15) is 5.75 Å². The Bertz CT molecular complexity index is 1760. The van der Waals surface area contributed by atoms with Crippen molar-refractivity contribution in [3.63, 3.8) is 0 Å². The molecule has 0 spiro atoms. The molecule has 4 aromatic rings. The average Bonchev–Trinajstić information content (AvgIpc) is 3.90. The van der Waals surface area contributed by atoms with Crippen molar-refractivity contribution in [2.45, 2.75) is 19.4 Å². The molecule has 0 saturated heterocycles. The Morgan fingerprint density at radius 1 is 1.05 bits per heavy atom. The number of benzene rings is 2. The first-order chi connectivity index (χ1) is 21.3. The number of amides is 3. The number of rotatable bonds is 10. The van der Waals surface area contributed by atoms with Crippen LogP contribution in [0.5, 0.6) is 5.75 Å². The normalized spacial score (nSPS) is 12.0. The van der Waals surface area contributed by atoms with Gasteiger partial charge in [0.15, 0.2) is 11.5 Å². The van der Waals surface area contributed by atoms with Crippen LogP contribution < -0.4 is 20.7 Å². The van der Waals surface area contributed by atoms with E-state index in [4.69, 9.17) is 10.00 Å². The number of para-hydroxylation sites is 1. The molecule has 2 heterocycles. The maximum absolute atomic E-state index is 13.1. The maximum atomic E-state index is 13.1. The van der Waals surface area contributed by atoms with Crippen LogP contribution in [0.1, 0.15) is 44.9 Å². The lowest BCUT2D eigenvalue weighted by Gasteiger charge is -2.18. The second kappa shape index (κ2) is 13.0. The van der Waals surface area contributed by atoms with E-state index in [9.17, 15) is 14.4 Å². The minimum Gasteiger partial charge on any atom is -0.494 e. The van der Waals surface area contributed by atoms with Crippen molar-refractivity contribution in [2.75, 3.05) is 31.8 Å². The van der Waals surface area contributed by atoms with Gasteiger partial charge in [-0.2, -0.15) is 5.26 Å². The summed E-state index contributed by atoms with van der Waals surface area (Å²) in [7, 11) is 4.71. The number of pyridine rings is 1. The Labute approximate surface area is 254 Å². The second-order valence-electron chi connectivity index (χ2n) is 10.2. The molecule has 0 aliphatic heterocycles. The van der Waals surface area contributed by atoms with Gasteiger partial charge in [-0.3, -0.25) is 19.4 Å². The average molecular weight is 591 g/mol. The van der Waals surface area contributed by atoms with Crippen LogP contribution in [-0.2, 0) is 11.3 Å². The van der Waals surface area contributed by atoms with Gasteiger partial charge in [0.2, 0.25) is 5.91 Å². The van der Waals surface area contributed by atoms with Gasteiger partial charge >= 0.3 is 0 Å². The Hall–Kier alpha value is -5.83. The molecule has 2 aromatic heterocycles. The lowest BCUT2D eigenvalue weighted by molar-refractivity contribution is -0.117. The second-order valence-corrected chi connectivity index (χ2v) is 10.2. The highest BCUT2D eigenvalue weighted by Gasteiger charge is 2.30. The fraction of sp³-hybridized carbons (Fsp3) is 0.219. The fourth-order valence-electron chi connectivity index (χ4n) is 4.60. The van der Waals surface area contributed by atoms with E-state index in [2.05, 4.69) is 37.2 Å². The number of hydrogen-bond donors (Lipinski definition) is 3. The molecule has 3 N–H and O–H groups in total. The van der Waals surface area contributed by atoms with Crippen molar-refractivity contribution in [3.05, 3.63) is 89.4 Å². The lowest BCUT2D eigenvalue weighted by Crippen LogP contribution is -2.26. The summed E-state index contributed by atoms with van der Waals surface area (Å²) in [6, 6.07) is 19.5. The van der Waals surface area contributed by atoms with E-state index in [0.717, 1.165) is 24.0 Å². The highest BCUT2D eigenvalue weighted by molar-refractivity contribution is 6.00. The monoisotopic (exact) mass is 590 g/mol. The van der Waals surface area contributed by atoms with E-state index in [1.807, 2.05) is 24.3 Å². The van der Waals surface area contributed by atoms with Crippen LogP contribution in [0.4, 0.5) is 17.2 Å². The smallest absolute Gasteiger partial charge is 0.273 e. The standard InChI is InChI=1S/C32H30N8O4/c1-34-31(42)28-26(16-27(38-39-28)37-30(41)21-9-10-21)36-25-6-4-5-24(29(25)44-3)20-7-11-22(12-8-20)32(43)40(2)18-23-15-19(17-33)13-14-35-23/h4-8,11-16,21H,9-10,18H2,1-3H3,(H,34,42)(H2,36,37,38,41). The van der Waals surface area contributed by atoms with E-state index >= 15 is 0 Å². The Kier molecular flexibility index (Phi) is 8.76. The SMILES string of the molecule is CNC(=O)c1nnc(NC(=O)C2CC2)cc1Nc1cccc(-c2ccc(C(=O)N(C)Cc3cc(C#N)ccn3)cc2)c1OC. The van der Waals surface area contributed by atoms with Gasteiger partial charge < -0.3 is 25.6 Å². The van der Waals surface area contributed by atoms with Gasteiger partial charge in [0, 0.05) is 43.4 Å². The van der Waals surface area contributed by atoms with Crippen molar-refractivity contribution in [1.29, 1.82) is 5.26 Å². The van der Waals surface area contributed by atoms with Crippen molar-refractivity contribution in [1.82, 2.24) is 25.4 Å². The van der Waals surface area contributed by atoms with Crippen LogP contribution in [-0.4, -0.2) is 59.0 Å². The molecule has 44 heavy (non-hydrogen) atoms. The van der Waals surface area contributed by atoms with Crippen molar-refractivity contribution in [3.8, 4) is 22.9 Å². The van der Waals surface area contributed by atoms with Crippen LogP contribution in [0.25, 0.3) is 11.1 Å². The number of anilines is 3. The van der Waals surface area contributed by atoms with Crippen molar-refractivity contribution in [2.24, 2.45) is 5.92 Å². The zero-order chi connectivity index (χ0) is 31.2. The summed E-state index contributed by atoms with van der Waals surface area (Å²) in [6.07, 6.45) is 3.23. The summed E-state index contributed by atoms with van der Waals surface area (Å²) < 4.78 is 5.79. The zero-order valence-electron chi connectivity index (χ0n) is 24.4. The summed E-state index contributed by atoms with van der Waals surface area (Å²) >= 11 is 0. The highest BCUT2D eigenvalue weighted by Crippen LogP contribution is 2.39. The third kappa shape index (κ3) is 6.63. The van der Waals surface area contributed by atoms with Gasteiger partial charge in [-0.25, -0.2) is 0 Å². The molecule has 1 fully saturated rings. The first-order valence-corrected chi connectivity index (χ1v) is 13.9. The number of hydrogen-bond acceptors (Lipinski definition) is 9. The third-order valence-electron chi connectivity index (χ3n) is 7.06. The fourth-order valence-corrected chi connectivity index (χ4v) is 4.60.